The van der Waals surface area contributed by atoms with Crippen molar-refractivity contribution in [1.82, 2.24) is 10.3 Å². The Kier molecular flexibility index (Phi) is 5.71. The van der Waals surface area contributed by atoms with E-state index in [0.717, 1.165) is 25.1 Å². The fourth-order valence-electron chi connectivity index (χ4n) is 2.01. The molecule has 0 amide bonds. The van der Waals surface area contributed by atoms with E-state index in [-0.39, 0.29) is 16.5 Å². The highest BCUT2D eigenvalue weighted by molar-refractivity contribution is 5.31. The lowest BCUT2D eigenvalue weighted by molar-refractivity contribution is -0.385. The number of nitrogens with zero attached hydrogens (tertiary/aromatic N) is 2. The van der Waals surface area contributed by atoms with Crippen molar-refractivity contribution in [3.8, 4) is 0 Å². The van der Waals surface area contributed by atoms with Gasteiger partial charge in [-0.3, -0.25) is 15.1 Å². The standard InChI is InChI=1S/C13H21N3O2/c1-4-7-14-12(5-2)10(3)13-9-11(16(17)18)6-8-15-13/h6,8-10,12,14H,4-5,7H2,1-3H3. The Morgan fingerprint density at radius 2 is 2.22 bits per heavy atom. The molecular formula is C13H21N3O2. The molecule has 2 atom stereocenters. The van der Waals surface area contributed by atoms with Crippen LogP contribution < -0.4 is 5.32 Å². The molecule has 5 nitrogen and oxygen atoms in total. The number of aromatic nitrogens is 1. The fraction of sp³-hybridized carbons (Fsp3) is 0.615. The van der Waals surface area contributed by atoms with Gasteiger partial charge in [0.2, 0.25) is 0 Å². The molecule has 1 heterocycles. The molecule has 100 valence electrons. The van der Waals surface area contributed by atoms with E-state index >= 15 is 0 Å². The second-order valence-corrected chi connectivity index (χ2v) is 4.45. The van der Waals surface area contributed by atoms with Crippen molar-refractivity contribution in [1.29, 1.82) is 0 Å². The van der Waals surface area contributed by atoms with Crippen LogP contribution in [0, 0.1) is 10.1 Å². The number of nitro groups is 1. The largest absolute Gasteiger partial charge is 0.313 e. The zero-order chi connectivity index (χ0) is 13.5. The Labute approximate surface area is 108 Å². The average Bonchev–Trinajstić information content (AvgIpc) is 2.39. The molecule has 2 unspecified atom stereocenters. The van der Waals surface area contributed by atoms with Gasteiger partial charge in [0.25, 0.3) is 5.69 Å². The molecule has 1 N–H and O–H groups in total. The molecule has 0 bridgehead atoms. The molecule has 1 rings (SSSR count). The van der Waals surface area contributed by atoms with Gasteiger partial charge >= 0.3 is 0 Å². The van der Waals surface area contributed by atoms with E-state index in [4.69, 9.17) is 0 Å². The molecule has 0 aromatic carbocycles. The molecule has 0 aliphatic carbocycles. The number of hydrogen-bond donors (Lipinski definition) is 1. The fourth-order valence-corrected chi connectivity index (χ4v) is 2.01. The minimum Gasteiger partial charge on any atom is -0.313 e. The maximum Gasteiger partial charge on any atom is 0.272 e. The molecule has 1 aromatic heterocycles. The van der Waals surface area contributed by atoms with Crippen molar-refractivity contribution < 1.29 is 4.92 Å². The Morgan fingerprint density at radius 1 is 1.50 bits per heavy atom. The third-order valence-corrected chi connectivity index (χ3v) is 3.14. The number of rotatable bonds is 7. The Hall–Kier alpha value is -1.49. The summed E-state index contributed by atoms with van der Waals surface area (Å²) >= 11 is 0. The van der Waals surface area contributed by atoms with Gasteiger partial charge in [-0.05, 0) is 19.4 Å². The molecular weight excluding hydrogens is 230 g/mol. The van der Waals surface area contributed by atoms with Crippen LogP contribution in [0.2, 0.25) is 0 Å². The molecule has 0 radical (unpaired) electrons. The quantitative estimate of drug-likeness (QED) is 0.597. The summed E-state index contributed by atoms with van der Waals surface area (Å²) in [4.78, 5) is 14.6. The van der Waals surface area contributed by atoms with Gasteiger partial charge in [0.05, 0.1) is 10.6 Å². The Bertz CT molecular complexity index is 396. The summed E-state index contributed by atoms with van der Waals surface area (Å²) in [6.45, 7) is 7.25. The maximum atomic E-state index is 10.7. The Morgan fingerprint density at radius 3 is 2.78 bits per heavy atom. The van der Waals surface area contributed by atoms with Gasteiger partial charge in [0.15, 0.2) is 0 Å². The Balaban J connectivity index is 2.83. The van der Waals surface area contributed by atoms with Crippen molar-refractivity contribution >= 4 is 5.69 Å². The van der Waals surface area contributed by atoms with E-state index < -0.39 is 0 Å². The van der Waals surface area contributed by atoms with Crippen LogP contribution in [0.25, 0.3) is 0 Å². The third kappa shape index (κ3) is 3.77. The first kappa shape index (κ1) is 14.6. The van der Waals surface area contributed by atoms with Gasteiger partial charge in [-0.15, -0.1) is 0 Å². The maximum absolute atomic E-state index is 10.7. The minimum atomic E-state index is -0.377. The van der Waals surface area contributed by atoms with Gasteiger partial charge in [0, 0.05) is 30.3 Å². The molecule has 1 aromatic rings. The highest BCUT2D eigenvalue weighted by atomic mass is 16.6. The number of hydrogen-bond acceptors (Lipinski definition) is 4. The van der Waals surface area contributed by atoms with Crippen LogP contribution in [0.5, 0.6) is 0 Å². The van der Waals surface area contributed by atoms with Crippen LogP contribution in [-0.2, 0) is 0 Å². The van der Waals surface area contributed by atoms with Crippen molar-refractivity contribution in [3.63, 3.8) is 0 Å². The van der Waals surface area contributed by atoms with Crippen LogP contribution in [0.3, 0.4) is 0 Å². The number of pyridine rings is 1. The second-order valence-electron chi connectivity index (χ2n) is 4.45. The third-order valence-electron chi connectivity index (χ3n) is 3.14. The second kappa shape index (κ2) is 7.06. The monoisotopic (exact) mass is 251 g/mol. The lowest BCUT2D eigenvalue weighted by Gasteiger charge is -2.23. The lowest BCUT2D eigenvalue weighted by atomic mass is 9.95. The highest BCUT2D eigenvalue weighted by Crippen LogP contribution is 2.22. The summed E-state index contributed by atoms with van der Waals surface area (Å²) in [6, 6.07) is 3.30. The van der Waals surface area contributed by atoms with E-state index in [2.05, 4.69) is 31.1 Å². The van der Waals surface area contributed by atoms with Crippen LogP contribution in [0.4, 0.5) is 5.69 Å². The molecule has 0 spiro atoms. The molecule has 0 fully saturated rings. The molecule has 0 saturated carbocycles. The molecule has 5 heteroatoms. The van der Waals surface area contributed by atoms with Gasteiger partial charge in [0.1, 0.15) is 0 Å². The van der Waals surface area contributed by atoms with Crippen LogP contribution >= 0.6 is 0 Å². The summed E-state index contributed by atoms with van der Waals surface area (Å²) < 4.78 is 0. The average molecular weight is 251 g/mol. The van der Waals surface area contributed by atoms with Crippen molar-refractivity contribution in [2.45, 2.75) is 45.6 Å². The van der Waals surface area contributed by atoms with Crippen LogP contribution in [-0.4, -0.2) is 22.5 Å². The molecule has 18 heavy (non-hydrogen) atoms. The smallest absolute Gasteiger partial charge is 0.272 e. The van der Waals surface area contributed by atoms with E-state index in [0.29, 0.717) is 6.04 Å². The van der Waals surface area contributed by atoms with Crippen molar-refractivity contribution in [2.75, 3.05) is 6.54 Å². The molecule has 0 aliphatic heterocycles. The first-order chi connectivity index (χ1) is 8.60. The summed E-state index contributed by atoms with van der Waals surface area (Å²) in [7, 11) is 0. The summed E-state index contributed by atoms with van der Waals surface area (Å²) in [5, 5.41) is 14.2. The molecule has 0 saturated heterocycles. The van der Waals surface area contributed by atoms with Gasteiger partial charge in [-0.25, -0.2) is 0 Å². The predicted octanol–water partition coefficient (Wildman–Crippen LogP) is 2.87. The normalized spacial score (nSPS) is 14.2. The van der Waals surface area contributed by atoms with Gasteiger partial charge in [-0.1, -0.05) is 20.8 Å². The van der Waals surface area contributed by atoms with Crippen molar-refractivity contribution in [2.24, 2.45) is 0 Å². The van der Waals surface area contributed by atoms with Crippen molar-refractivity contribution in [3.05, 3.63) is 34.1 Å². The van der Waals surface area contributed by atoms with Crippen LogP contribution in [0.15, 0.2) is 18.3 Å². The van der Waals surface area contributed by atoms with Gasteiger partial charge < -0.3 is 5.32 Å². The minimum absolute atomic E-state index is 0.109. The van der Waals surface area contributed by atoms with E-state index in [1.54, 1.807) is 6.07 Å². The lowest BCUT2D eigenvalue weighted by Crippen LogP contribution is -2.34. The molecule has 0 aliphatic rings. The predicted molar refractivity (Wildman–Crippen MR) is 71.7 cm³/mol. The zero-order valence-electron chi connectivity index (χ0n) is 11.2. The van der Waals surface area contributed by atoms with E-state index in [1.807, 2.05) is 0 Å². The summed E-state index contributed by atoms with van der Waals surface area (Å²) in [5.74, 6) is 0.168. The van der Waals surface area contributed by atoms with E-state index in [9.17, 15) is 10.1 Å². The summed E-state index contributed by atoms with van der Waals surface area (Å²) in [5.41, 5.74) is 0.886. The number of nitrogens with one attached hydrogen (secondary N) is 1. The highest BCUT2D eigenvalue weighted by Gasteiger charge is 2.19. The zero-order valence-corrected chi connectivity index (χ0v) is 11.2. The topological polar surface area (TPSA) is 68.1 Å². The van der Waals surface area contributed by atoms with Crippen LogP contribution in [0.1, 0.15) is 45.2 Å². The first-order valence-corrected chi connectivity index (χ1v) is 6.43. The van der Waals surface area contributed by atoms with E-state index in [1.165, 1.54) is 12.3 Å². The van der Waals surface area contributed by atoms with Gasteiger partial charge in [-0.2, -0.15) is 0 Å². The first-order valence-electron chi connectivity index (χ1n) is 6.43. The summed E-state index contributed by atoms with van der Waals surface area (Å²) in [6.07, 6.45) is 3.56. The SMILES string of the molecule is CCCNC(CC)C(C)c1cc([N+](=O)[O-])ccn1.